The third-order valence-corrected chi connectivity index (χ3v) is 5.85. The van der Waals surface area contributed by atoms with Gasteiger partial charge in [0, 0.05) is 11.8 Å². The van der Waals surface area contributed by atoms with Gasteiger partial charge >= 0.3 is 5.97 Å². The number of carboxylic acid groups (broad SMARTS) is 1. The zero-order valence-corrected chi connectivity index (χ0v) is 10.6. The summed E-state index contributed by atoms with van der Waals surface area (Å²) in [5.41, 5.74) is 0.202. The van der Waals surface area contributed by atoms with E-state index in [1.54, 1.807) is 11.8 Å². The Balaban J connectivity index is 1.81. The van der Waals surface area contributed by atoms with E-state index in [0.717, 1.165) is 23.7 Å². The molecule has 1 amide bonds. The van der Waals surface area contributed by atoms with Crippen molar-refractivity contribution in [1.82, 2.24) is 10.2 Å². The van der Waals surface area contributed by atoms with Crippen molar-refractivity contribution in [1.29, 1.82) is 0 Å². The Kier molecular flexibility index (Phi) is 2.84. The SMILES string of the molecule is O=C(O)C1=C(SC2CCNC2)SC2CC(=O)N12. The smallest absolute Gasteiger partial charge is 0.354 e. The fraction of sp³-hybridized carbons (Fsp3) is 0.600. The summed E-state index contributed by atoms with van der Waals surface area (Å²) < 4.78 is 0.807. The number of carboxylic acids is 1. The molecule has 0 radical (unpaired) electrons. The summed E-state index contributed by atoms with van der Waals surface area (Å²) in [4.78, 5) is 24.1. The zero-order chi connectivity index (χ0) is 12.0. The number of hydrogen-bond donors (Lipinski definition) is 2. The number of thioether (sulfide) groups is 2. The summed E-state index contributed by atoms with van der Waals surface area (Å²) in [6, 6.07) is 0. The molecule has 17 heavy (non-hydrogen) atoms. The van der Waals surface area contributed by atoms with Gasteiger partial charge in [0.1, 0.15) is 0 Å². The van der Waals surface area contributed by atoms with Crippen LogP contribution in [0.5, 0.6) is 0 Å². The molecule has 2 atom stereocenters. The van der Waals surface area contributed by atoms with Crippen molar-refractivity contribution >= 4 is 35.4 Å². The molecule has 2 fully saturated rings. The highest BCUT2D eigenvalue weighted by Gasteiger charge is 2.49. The number of amides is 1. The van der Waals surface area contributed by atoms with Gasteiger partial charge < -0.3 is 10.4 Å². The molecule has 0 aliphatic carbocycles. The minimum Gasteiger partial charge on any atom is -0.477 e. The minimum atomic E-state index is -0.985. The maximum atomic E-state index is 11.4. The van der Waals surface area contributed by atoms with E-state index in [1.807, 2.05) is 0 Å². The molecule has 2 N–H and O–H groups in total. The first-order valence-corrected chi connectivity index (χ1v) is 7.26. The van der Waals surface area contributed by atoms with Crippen LogP contribution in [0.4, 0.5) is 0 Å². The van der Waals surface area contributed by atoms with Crippen LogP contribution in [-0.4, -0.2) is 45.6 Å². The third kappa shape index (κ3) is 1.86. The molecule has 0 spiro atoms. The molecule has 3 aliphatic rings. The highest BCUT2D eigenvalue weighted by molar-refractivity contribution is 8.23. The lowest BCUT2D eigenvalue weighted by atomic mass is 10.2. The second-order valence-corrected chi connectivity index (χ2v) is 6.97. The van der Waals surface area contributed by atoms with Gasteiger partial charge in [-0.3, -0.25) is 9.69 Å². The van der Waals surface area contributed by atoms with E-state index in [4.69, 9.17) is 0 Å². The Morgan fingerprint density at radius 2 is 2.41 bits per heavy atom. The Morgan fingerprint density at radius 1 is 1.59 bits per heavy atom. The first kappa shape index (κ1) is 11.4. The Labute approximate surface area is 107 Å². The molecule has 3 aliphatic heterocycles. The predicted molar refractivity (Wildman–Crippen MR) is 66.4 cm³/mol. The first-order valence-electron chi connectivity index (χ1n) is 5.50. The largest absolute Gasteiger partial charge is 0.477 e. The number of carbonyl (C=O) groups is 2. The topological polar surface area (TPSA) is 69.6 Å². The highest BCUT2D eigenvalue weighted by atomic mass is 32.2. The molecule has 0 aromatic heterocycles. The number of fused-ring (bicyclic) bond motifs is 1. The van der Waals surface area contributed by atoms with Crippen LogP contribution in [0.15, 0.2) is 9.93 Å². The predicted octanol–water partition coefficient (Wildman–Crippen LogP) is 0.640. The van der Waals surface area contributed by atoms with Gasteiger partial charge in [0.2, 0.25) is 5.91 Å². The van der Waals surface area contributed by atoms with Gasteiger partial charge in [-0.15, -0.1) is 11.8 Å². The average molecular weight is 272 g/mol. The number of rotatable bonds is 3. The molecule has 5 nitrogen and oxygen atoms in total. The molecule has 2 unspecified atom stereocenters. The summed E-state index contributed by atoms with van der Waals surface area (Å²) in [6.45, 7) is 1.91. The van der Waals surface area contributed by atoms with E-state index in [2.05, 4.69) is 5.32 Å². The van der Waals surface area contributed by atoms with E-state index < -0.39 is 5.97 Å². The van der Waals surface area contributed by atoms with Crippen LogP contribution in [0.25, 0.3) is 0 Å². The van der Waals surface area contributed by atoms with Crippen LogP contribution in [0, 0.1) is 0 Å². The van der Waals surface area contributed by atoms with E-state index in [0.29, 0.717) is 11.7 Å². The van der Waals surface area contributed by atoms with Gasteiger partial charge in [-0.05, 0) is 13.0 Å². The van der Waals surface area contributed by atoms with Crippen LogP contribution in [-0.2, 0) is 9.59 Å². The maximum Gasteiger partial charge on any atom is 0.354 e. The first-order chi connectivity index (χ1) is 8.16. The molecular formula is C10H12N2O3S2. The Morgan fingerprint density at radius 3 is 3.00 bits per heavy atom. The third-order valence-electron chi connectivity index (χ3n) is 3.07. The molecule has 0 saturated carbocycles. The van der Waals surface area contributed by atoms with Crippen LogP contribution in [0.2, 0.25) is 0 Å². The van der Waals surface area contributed by atoms with Gasteiger partial charge in [-0.1, -0.05) is 11.8 Å². The fourth-order valence-corrected chi connectivity index (χ4v) is 5.28. The lowest BCUT2D eigenvalue weighted by Gasteiger charge is -2.33. The number of carbonyl (C=O) groups excluding carboxylic acids is 1. The molecule has 0 aromatic carbocycles. The maximum absolute atomic E-state index is 11.4. The van der Waals surface area contributed by atoms with Crippen LogP contribution >= 0.6 is 23.5 Å². The van der Waals surface area contributed by atoms with Crippen LogP contribution < -0.4 is 5.32 Å². The summed E-state index contributed by atoms with van der Waals surface area (Å²) in [5, 5.41) is 12.9. The fourth-order valence-electron chi connectivity index (χ4n) is 2.18. The molecular weight excluding hydrogens is 260 g/mol. The monoisotopic (exact) mass is 272 g/mol. The number of aliphatic carboxylic acids is 1. The number of nitrogens with zero attached hydrogens (tertiary/aromatic N) is 1. The summed E-state index contributed by atoms with van der Waals surface area (Å²) in [7, 11) is 0. The molecule has 0 aromatic rings. The Bertz CT molecular complexity index is 418. The average Bonchev–Trinajstić information content (AvgIpc) is 2.84. The second-order valence-electron chi connectivity index (χ2n) is 4.21. The standard InChI is InChI=1S/C10H12N2O3S2/c13-6-3-7-12(6)8(9(14)15)10(17-7)16-5-1-2-11-4-5/h5,7,11H,1-4H2,(H,14,15). The van der Waals surface area contributed by atoms with Crippen molar-refractivity contribution < 1.29 is 14.7 Å². The van der Waals surface area contributed by atoms with E-state index >= 15 is 0 Å². The highest BCUT2D eigenvalue weighted by Crippen LogP contribution is 2.51. The normalized spacial score (nSPS) is 31.8. The second kappa shape index (κ2) is 4.22. The molecule has 3 heterocycles. The molecule has 3 rings (SSSR count). The number of β-lactam (4-membered cyclic amide) rings is 1. The summed E-state index contributed by atoms with van der Waals surface area (Å²) in [6.07, 6.45) is 1.52. The van der Waals surface area contributed by atoms with Crippen LogP contribution in [0.1, 0.15) is 12.8 Å². The minimum absolute atomic E-state index is 0.0328. The molecule has 2 saturated heterocycles. The number of hydrogen-bond acceptors (Lipinski definition) is 5. The van der Waals surface area contributed by atoms with E-state index in [-0.39, 0.29) is 17.0 Å². The van der Waals surface area contributed by atoms with Gasteiger partial charge in [0.25, 0.3) is 0 Å². The van der Waals surface area contributed by atoms with Crippen molar-refractivity contribution in [2.24, 2.45) is 0 Å². The van der Waals surface area contributed by atoms with Crippen molar-refractivity contribution in [2.75, 3.05) is 13.1 Å². The van der Waals surface area contributed by atoms with Gasteiger partial charge in [0.15, 0.2) is 5.70 Å². The molecule has 0 bridgehead atoms. The lowest BCUT2D eigenvalue weighted by Crippen LogP contribution is -2.48. The van der Waals surface area contributed by atoms with Crippen LogP contribution in [0.3, 0.4) is 0 Å². The van der Waals surface area contributed by atoms with Gasteiger partial charge in [-0.25, -0.2) is 4.79 Å². The number of nitrogens with one attached hydrogen (secondary N) is 1. The van der Waals surface area contributed by atoms with Crippen molar-refractivity contribution in [3.8, 4) is 0 Å². The zero-order valence-electron chi connectivity index (χ0n) is 9.01. The molecule has 7 heteroatoms. The quantitative estimate of drug-likeness (QED) is 0.735. The summed E-state index contributed by atoms with van der Waals surface area (Å²) >= 11 is 3.13. The van der Waals surface area contributed by atoms with Crippen molar-refractivity contribution in [2.45, 2.75) is 23.5 Å². The van der Waals surface area contributed by atoms with Crippen molar-refractivity contribution in [3.05, 3.63) is 9.93 Å². The Hall–Kier alpha value is -0.660. The lowest BCUT2D eigenvalue weighted by molar-refractivity contribution is -0.145. The van der Waals surface area contributed by atoms with E-state index in [9.17, 15) is 14.7 Å². The van der Waals surface area contributed by atoms with Crippen molar-refractivity contribution in [3.63, 3.8) is 0 Å². The van der Waals surface area contributed by atoms with Gasteiger partial charge in [-0.2, -0.15) is 0 Å². The molecule has 92 valence electrons. The summed E-state index contributed by atoms with van der Waals surface area (Å²) in [5.74, 6) is -1.05. The van der Waals surface area contributed by atoms with Gasteiger partial charge in [0.05, 0.1) is 16.0 Å². The van der Waals surface area contributed by atoms with E-state index in [1.165, 1.54) is 16.7 Å².